The van der Waals surface area contributed by atoms with Crippen molar-refractivity contribution in [2.45, 2.75) is 25.7 Å². The highest BCUT2D eigenvalue weighted by atomic mass is 79.9. The van der Waals surface area contributed by atoms with Crippen LogP contribution in [-0.2, 0) is 7.05 Å². The summed E-state index contributed by atoms with van der Waals surface area (Å²) in [5, 5.41) is 5.71. The van der Waals surface area contributed by atoms with E-state index in [9.17, 15) is 4.79 Å². The van der Waals surface area contributed by atoms with Gasteiger partial charge in [-0.15, -0.1) is 0 Å². The maximum Gasteiger partial charge on any atom is 0.344 e. The van der Waals surface area contributed by atoms with Crippen LogP contribution in [0.25, 0.3) is 11.0 Å². The fraction of sp³-hybridized carbons (Fsp3) is 0.278. The first-order chi connectivity index (χ1) is 11.9. The van der Waals surface area contributed by atoms with Crippen molar-refractivity contribution < 1.29 is 9.53 Å². The first-order valence-electron chi connectivity index (χ1n) is 7.95. The summed E-state index contributed by atoms with van der Waals surface area (Å²) in [7, 11) is 1.84. The number of pyridine rings is 1. The lowest BCUT2D eigenvalue weighted by molar-refractivity contribution is 0.0735. The molecule has 4 rings (SSSR count). The van der Waals surface area contributed by atoms with E-state index in [2.05, 4.69) is 21.0 Å². The van der Waals surface area contributed by atoms with E-state index in [-0.39, 0.29) is 0 Å². The smallest absolute Gasteiger partial charge is 0.344 e. The van der Waals surface area contributed by atoms with Gasteiger partial charge in [-0.1, -0.05) is 11.6 Å². The van der Waals surface area contributed by atoms with Gasteiger partial charge in [-0.25, -0.2) is 9.78 Å². The van der Waals surface area contributed by atoms with Crippen LogP contribution in [-0.4, -0.2) is 20.7 Å². The summed E-state index contributed by atoms with van der Waals surface area (Å²) in [6.07, 6.45) is 2.21. The van der Waals surface area contributed by atoms with Crippen LogP contribution < -0.4 is 4.74 Å². The number of carbonyl (C=O) groups excluding carboxylic acids is 1. The molecule has 0 spiro atoms. The lowest BCUT2D eigenvalue weighted by Gasteiger charge is -2.09. The Hall–Kier alpha value is -1.92. The van der Waals surface area contributed by atoms with Gasteiger partial charge in [0.1, 0.15) is 5.75 Å². The number of hydrogen-bond donors (Lipinski definition) is 0. The van der Waals surface area contributed by atoms with Crippen LogP contribution in [0.5, 0.6) is 5.75 Å². The molecule has 1 aliphatic rings. The lowest BCUT2D eigenvalue weighted by Crippen LogP contribution is -2.11. The number of ether oxygens (including phenoxy) is 1. The third kappa shape index (κ3) is 3.04. The second-order valence-corrected chi connectivity index (χ2v) is 7.53. The molecule has 0 unspecified atom stereocenters. The van der Waals surface area contributed by atoms with Gasteiger partial charge < -0.3 is 4.74 Å². The van der Waals surface area contributed by atoms with Crippen molar-refractivity contribution in [2.24, 2.45) is 7.05 Å². The van der Waals surface area contributed by atoms with Crippen molar-refractivity contribution in [2.75, 3.05) is 0 Å². The Balaban J connectivity index is 1.80. The van der Waals surface area contributed by atoms with Crippen LogP contribution in [0.3, 0.4) is 0 Å². The molecular weight excluding hydrogens is 406 g/mol. The summed E-state index contributed by atoms with van der Waals surface area (Å²) >= 11 is 9.32. The summed E-state index contributed by atoms with van der Waals surface area (Å²) in [5.41, 5.74) is 2.90. The average Bonchev–Trinajstić information content (AvgIpc) is 3.37. The number of hydrogen-bond acceptors (Lipinski definition) is 4. The summed E-state index contributed by atoms with van der Waals surface area (Å²) in [5.74, 6) is 0.427. The minimum absolute atomic E-state index is 0.423. The molecule has 5 nitrogen and oxygen atoms in total. The van der Waals surface area contributed by atoms with Crippen molar-refractivity contribution in [1.29, 1.82) is 0 Å². The minimum Gasteiger partial charge on any atom is -0.422 e. The first-order valence-corrected chi connectivity index (χ1v) is 9.12. The van der Waals surface area contributed by atoms with Gasteiger partial charge in [0.15, 0.2) is 5.65 Å². The number of esters is 1. The number of halogens is 2. The summed E-state index contributed by atoms with van der Waals surface area (Å²) < 4.78 is 7.95. The molecule has 128 valence electrons. The molecule has 1 fully saturated rings. The molecule has 2 aromatic heterocycles. The van der Waals surface area contributed by atoms with Crippen LogP contribution in [0.15, 0.2) is 28.7 Å². The van der Waals surface area contributed by atoms with Gasteiger partial charge in [-0.3, -0.25) is 4.68 Å². The van der Waals surface area contributed by atoms with Crippen LogP contribution in [0.2, 0.25) is 5.02 Å². The number of carbonyl (C=O) groups is 1. The average molecular weight is 421 g/mol. The Morgan fingerprint density at radius 1 is 1.36 bits per heavy atom. The molecule has 1 aliphatic carbocycles. The van der Waals surface area contributed by atoms with Crippen molar-refractivity contribution in [3.63, 3.8) is 0 Å². The normalized spacial score (nSPS) is 14.1. The minimum atomic E-state index is -0.423. The van der Waals surface area contributed by atoms with E-state index in [4.69, 9.17) is 21.3 Å². The molecule has 0 bridgehead atoms. The number of rotatable bonds is 3. The monoisotopic (exact) mass is 419 g/mol. The van der Waals surface area contributed by atoms with Gasteiger partial charge in [-0.05, 0) is 60.0 Å². The van der Waals surface area contributed by atoms with E-state index < -0.39 is 5.97 Å². The highest BCUT2D eigenvalue weighted by molar-refractivity contribution is 9.10. The third-order valence-corrected chi connectivity index (χ3v) is 5.16. The second kappa shape index (κ2) is 6.11. The molecule has 0 aliphatic heterocycles. The zero-order valence-electron chi connectivity index (χ0n) is 13.7. The van der Waals surface area contributed by atoms with Gasteiger partial charge in [0.25, 0.3) is 0 Å². The Kier molecular flexibility index (Phi) is 4.04. The molecule has 0 radical (unpaired) electrons. The zero-order valence-corrected chi connectivity index (χ0v) is 16.1. The third-order valence-electron chi connectivity index (χ3n) is 4.30. The predicted octanol–water partition coefficient (Wildman–Crippen LogP) is 4.79. The van der Waals surface area contributed by atoms with Gasteiger partial charge in [0.2, 0.25) is 0 Å². The van der Waals surface area contributed by atoms with Crippen LogP contribution in [0.4, 0.5) is 0 Å². The van der Waals surface area contributed by atoms with Crippen molar-refractivity contribution in [3.05, 3.63) is 50.7 Å². The van der Waals surface area contributed by atoms with E-state index in [0.717, 1.165) is 29.6 Å². The largest absolute Gasteiger partial charge is 0.422 e. The number of benzene rings is 1. The number of fused-ring (bicyclic) bond motifs is 1. The van der Waals surface area contributed by atoms with Gasteiger partial charge in [0.05, 0.1) is 21.1 Å². The molecule has 7 heteroatoms. The van der Waals surface area contributed by atoms with E-state index in [1.165, 1.54) is 0 Å². The predicted molar refractivity (Wildman–Crippen MR) is 99.3 cm³/mol. The quantitative estimate of drug-likeness (QED) is 0.451. The standard InChI is InChI=1S/C18H15BrClN3O2/c1-9-16-12(18(24)25-15-6-5-11(20)7-13(15)19)8-14(10-3-4-10)21-17(16)23(2)22-9/h5-8,10H,3-4H2,1-2H3. The maximum atomic E-state index is 12.9. The number of aromatic nitrogens is 3. The Morgan fingerprint density at radius 3 is 2.80 bits per heavy atom. The van der Waals surface area contributed by atoms with Crippen LogP contribution in [0, 0.1) is 6.92 Å². The van der Waals surface area contributed by atoms with E-state index >= 15 is 0 Å². The molecule has 0 amide bonds. The summed E-state index contributed by atoms with van der Waals surface area (Å²) in [4.78, 5) is 17.6. The topological polar surface area (TPSA) is 57.0 Å². The van der Waals surface area contributed by atoms with E-state index in [1.807, 2.05) is 20.0 Å². The summed E-state index contributed by atoms with van der Waals surface area (Å²) in [6, 6.07) is 6.89. The Labute approximate surface area is 158 Å². The van der Waals surface area contributed by atoms with Crippen molar-refractivity contribution >= 4 is 44.5 Å². The van der Waals surface area contributed by atoms with E-state index in [0.29, 0.717) is 32.4 Å². The molecule has 0 atom stereocenters. The van der Waals surface area contributed by atoms with E-state index in [1.54, 1.807) is 22.9 Å². The fourth-order valence-corrected chi connectivity index (χ4v) is 3.69. The SMILES string of the molecule is Cc1nn(C)c2nc(C3CC3)cc(C(=O)Oc3ccc(Cl)cc3Br)c12. The highest BCUT2D eigenvalue weighted by Gasteiger charge is 2.29. The molecule has 0 N–H and O–H groups in total. The highest BCUT2D eigenvalue weighted by Crippen LogP contribution is 2.40. The Morgan fingerprint density at radius 2 is 2.12 bits per heavy atom. The maximum absolute atomic E-state index is 12.9. The van der Waals surface area contributed by atoms with Crippen LogP contribution in [0.1, 0.15) is 40.5 Å². The van der Waals surface area contributed by atoms with Crippen molar-refractivity contribution in [1.82, 2.24) is 14.8 Å². The van der Waals surface area contributed by atoms with Crippen molar-refractivity contribution in [3.8, 4) is 5.75 Å². The zero-order chi connectivity index (χ0) is 17.7. The van der Waals surface area contributed by atoms with Crippen LogP contribution >= 0.6 is 27.5 Å². The summed E-state index contributed by atoms with van der Waals surface area (Å²) in [6.45, 7) is 1.87. The molecule has 1 saturated carbocycles. The Bertz CT molecular complexity index is 1010. The first kappa shape index (κ1) is 16.5. The van der Waals surface area contributed by atoms with Gasteiger partial charge in [-0.2, -0.15) is 5.10 Å². The molecule has 1 aromatic carbocycles. The second-order valence-electron chi connectivity index (χ2n) is 6.24. The fourth-order valence-electron chi connectivity index (χ4n) is 2.93. The van der Waals surface area contributed by atoms with Gasteiger partial charge >= 0.3 is 5.97 Å². The molecular formula is C18H15BrClN3O2. The number of aryl methyl sites for hydroxylation is 2. The molecule has 0 saturated heterocycles. The lowest BCUT2D eigenvalue weighted by atomic mass is 10.1. The molecule has 25 heavy (non-hydrogen) atoms. The molecule has 2 heterocycles. The number of nitrogens with zero attached hydrogens (tertiary/aromatic N) is 3. The van der Waals surface area contributed by atoms with Gasteiger partial charge in [0, 0.05) is 23.7 Å². The molecule has 3 aromatic rings.